The highest BCUT2D eigenvalue weighted by atomic mass is 16.6. The van der Waals surface area contributed by atoms with Crippen LogP contribution in [0.4, 0.5) is 0 Å². The van der Waals surface area contributed by atoms with Crippen molar-refractivity contribution in [2.75, 3.05) is 13.2 Å². The van der Waals surface area contributed by atoms with Gasteiger partial charge in [-0.2, -0.15) is 0 Å². The molecular formula is C12H15BN2O6. The normalized spacial score (nSPS) is 16.1. The van der Waals surface area contributed by atoms with Gasteiger partial charge in [0.25, 0.3) is 0 Å². The number of primary amides is 1. The number of phenolic OH excluding ortho intramolecular Hbond substituents is 1. The van der Waals surface area contributed by atoms with Crippen molar-refractivity contribution in [3.63, 3.8) is 0 Å². The number of fused-ring (bicyclic) bond motifs is 1. The van der Waals surface area contributed by atoms with Gasteiger partial charge in [-0.25, -0.2) is 0 Å². The van der Waals surface area contributed by atoms with Crippen molar-refractivity contribution in [1.29, 1.82) is 0 Å². The first-order chi connectivity index (χ1) is 9.99. The molecule has 1 unspecified atom stereocenters. The quantitative estimate of drug-likeness (QED) is 0.298. The monoisotopic (exact) mass is 294 g/mol. The molecule has 1 amide bonds. The molecule has 1 heterocycles. The van der Waals surface area contributed by atoms with Crippen LogP contribution in [-0.2, 0) is 9.45 Å². The second-order valence-corrected chi connectivity index (χ2v) is 4.71. The Morgan fingerprint density at radius 2 is 2.33 bits per heavy atom. The lowest BCUT2D eigenvalue weighted by atomic mass is 9.85. The van der Waals surface area contributed by atoms with Crippen molar-refractivity contribution in [2.24, 2.45) is 5.73 Å². The Morgan fingerprint density at radius 3 is 3.00 bits per heavy atom. The maximum absolute atomic E-state index is 10.6. The third-order valence-corrected chi connectivity index (χ3v) is 3.18. The summed E-state index contributed by atoms with van der Waals surface area (Å²) < 4.78 is 10.8. The average Bonchev–Trinajstić information content (AvgIpc) is 2.79. The van der Waals surface area contributed by atoms with Crippen molar-refractivity contribution in [3.05, 3.63) is 27.8 Å². The minimum atomic E-state index is -0.636. The number of hydrogen-bond acceptors (Lipinski definition) is 6. The molecule has 0 saturated carbocycles. The van der Waals surface area contributed by atoms with Crippen LogP contribution in [0.15, 0.2) is 12.1 Å². The predicted octanol–water partition coefficient (Wildman–Crippen LogP) is -0.639. The van der Waals surface area contributed by atoms with E-state index in [9.17, 15) is 20.0 Å². The van der Waals surface area contributed by atoms with Crippen LogP contribution in [0, 0.1) is 10.1 Å². The van der Waals surface area contributed by atoms with Crippen molar-refractivity contribution < 1.29 is 24.2 Å². The van der Waals surface area contributed by atoms with Crippen LogP contribution in [0.1, 0.15) is 24.5 Å². The standard InChI is InChI=1S/C12H15BN2O6/c14-10(17)2-1-5-20-12-8(16)4-3-7-9(6-15(18)19)21-13-11(7)12/h3-4,9,13,16H,1-2,5-6H2,(H2,14,17). The number of amides is 1. The van der Waals surface area contributed by atoms with E-state index < -0.39 is 16.9 Å². The SMILES string of the molecule is NC(=O)CCCOc1c(O)ccc2c1BOC2C[N+](=O)[O-]. The molecule has 3 N–H and O–H groups in total. The lowest BCUT2D eigenvalue weighted by Gasteiger charge is -2.12. The Balaban J connectivity index is 2.10. The second kappa shape index (κ2) is 6.44. The van der Waals surface area contributed by atoms with Gasteiger partial charge in [0.1, 0.15) is 6.10 Å². The van der Waals surface area contributed by atoms with E-state index in [1.165, 1.54) is 6.07 Å². The minimum Gasteiger partial charge on any atom is -0.504 e. The smallest absolute Gasteiger partial charge is 0.314 e. The largest absolute Gasteiger partial charge is 0.504 e. The molecule has 1 aromatic rings. The van der Waals surface area contributed by atoms with Gasteiger partial charge in [0.05, 0.1) is 6.61 Å². The Bertz CT molecular complexity index is 565. The van der Waals surface area contributed by atoms with E-state index in [4.69, 9.17) is 15.1 Å². The van der Waals surface area contributed by atoms with Crippen molar-refractivity contribution in [2.45, 2.75) is 18.9 Å². The summed E-state index contributed by atoms with van der Waals surface area (Å²) in [5.74, 6) is -0.225. The van der Waals surface area contributed by atoms with Gasteiger partial charge < -0.3 is 20.2 Å². The molecule has 0 radical (unpaired) electrons. The van der Waals surface area contributed by atoms with Crippen LogP contribution < -0.4 is 15.9 Å². The number of nitrogens with zero attached hydrogens (tertiary/aromatic N) is 1. The number of ether oxygens (including phenoxy) is 1. The maximum atomic E-state index is 10.6. The van der Waals surface area contributed by atoms with Crippen molar-refractivity contribution in [1.82, 2.24) is 0 Å². The zero-order valence-electron chi connectivity index (χ0n) is 11.3. The van der Waals surface area contributed by atoms with Gasteiger partial charge >= 0.3 is 7.48 Å². The number of nitrogens with two attached hydrogens (primary N) is 1. The van der Waals surface area contributed by atoms with Gasteiger partial charge in [0, 0.05) is 11.3 Å². The van der Waals surface area contributed by atoms with E-state index in [1.54, 1.807) is 6.07 Å². The summed E-state index contributed by atoms with van der Waals surface area (Å²) in [5, 5.41) is 20.4. The fraction of sp³-hybridized carbons (Fsp3) is 0.417. The molecule has 0 bridgehead atoms. The number of carbonyl (C=O) groups is 1. The summed E-state index contributed by atoms with van der Waals surface area (Å²) >= 11 is 0. The Morgan fingerprint density at radius 1 is 1.57 bits per heavy atom. The molecule has 0 fully saturated rings. The molecular weight excluding hydrogens is 279 g/mol. The topological polar surface area (TPSA) is 125 Å². The van der Waals surface area contributed by atoms with Gasteiger partial charge in [-0.1, -0.05) is 6.07 Å². The summed E-state index contributed by atoms with van der Waals surface area (Å²) in [4.78, 5) is 20.8. The predicted molar refractivity (Wildman–Crippen MR) is 74.5 cm³/mol. The van der Waals surface area contributed by atoms with Crippen LogP contribution in [0.2, 0.25) is 0 Å². The van der Waals surface area contributed by atoms with E-state index in [-0.39, 0.29) is 38.6 Å². The first-order valence-corrected chi connectivity index (χ1v) is 6.48. The molecule has 1 atom stereocenters. The summed E-state index contributed by atoms with van der Waals surface area (Å²) in [6, 6.07) is 3.02. The molecule has 112 valence electrons. The summed E-state index contributed by atoms with van der Waals surface area (Å²) in [5.41, 5.74) is 6.29. The van der Waals surface area contributed by atoms with Gasteiger partial charge in [0.2, 0.25) is 12.5 Å². The Labute approximate surface area is 121 Å². The van der Waals surface area contributed by atoms with E-state index in [0.29, 0.717) is 17.4 Å². The van der Waals surface area contributed by atoms with E-state index in [1.807, 2.05) is 0 Å². The number of aromatic hydroxyl groups is 1. The number of rotatable bonds is 7. The van der Waals surface area contributed by atoms with Gasteiger partial charge in [0.15, 0.2) is 11.5 Å². The van der Waals surface area contributed by atoms with Crippen LogP contribution in [-0.4, -0.2) is 36.6 Å². The van der Waals surface area contributed by atoms with Gasteiger partial charge in [-0.15, -0.1) is 0 Å². The lowest BCUT2D eigenvalue weighted by Crippen LogP contribution is -2.18. The second-order valence-electron chi connectivity index (χ2n) is 4.71. The molecule has 1 aliphatic heterocycles. The molecule has 1 aliphatic rings. The van der Waals surface area contributed by atoms with Crippen LogP contribution in [0.5, 0.6) is 11.5 Å². The summed E-state index contributed by atoms with van der Waals surface area (Å²) in [6.07, 6.45) is -0.0167. The molecule has 9 heteroatoms. The van der Waals surface area contributed by atoms with Crippen molar-refractivity contribution >= 4 is 18.9 Å². The molecule has 2 rings (SSSR count). The summed E-state index contributed by atoms with van der Waals surface area (Å²) in [7, 11) is 0.146. The highest BCUT2D eigenvalue weighted by Crippen LogP contribution is 2.31. The molecule has 8 nitrogen and oxygen atoms in total. The molecule has 0 spiro atoms. The number of phenols is 1. The highest BCUT2D eigenvalue weighted by molar-refractivity contribution is 6.50. The number of hydrogen-bond donors (Lipinski definition) is 2. The Hall–Kier alpha value is -2.29. The minimum absolute atomic E-state index is 0.0572. The zero-order valence-corrected chi connectivity index (χ0v) is 11.3. The Kier molecular flexibility index (Phi) is 4.64. The van der Waals surface area contributed by atoms with E-state index in [2.05, 4.69) is 0 Å². The highest BCUT2D eigenvalue weighted by Gasteiger charge is 2.32. The van der Waals surface area contributed by atoms with E-state index in [0.717, 1.165) is 0 Å². The fourth-order valence-electron chi connectivity index (χ4n) is 2.22. The van der Waals surface area contributed by atoms with E-state index >= 15 is 0 Å². The first kappa shape index (κ1) is 15.1. The van der Waals surface area contributed by atoms with Crippen molar-refractivity contribution in [3.8, 4) is 11.5 Å². The van der Waals surface area contributed by atoms with Crippen LogP contribution in [0.25, 0.3) is 0 Å². The average molecular weight is 294 g/mol. The van der Waals surface area contributed by atoms with Crippen LogP contribution >= 0.6 is 0 Å². The molecule has 1 aromatic carbocycles. The first-order valence-electron chi connectivity index (χ1n) is 6.48. The summed E-state index contributed by atoms with van der Waals surface area (Å²) in [6.45, 7) is -0.119. The third kappa shape index (κ3) is 3.63. The molecule has 0 saturated heterocycles. The molecule has 21 heavy (non-hydrogen) atoms. The number of nitro groups is 1. The lowest BCUT2D eigenvalue weighted by molar-refractivity contribution is -0.489. The molecule has 0 aliphatic carbocycles. The van der Waals surface area contributed by atoms with Gasteiger partial charge in [-0.3, -0.25) is 14.9 Å². The zero-order chi connectivity index (χ0) is 15.4. The van der Waals surface area contributed by atoms with Gasteiger partial charge in [-0.05, 0) is 23.5 Å². The van der Waals surface area contributed by atoms with Crippen LogP contribution in [0.3, 0.4) is 0 Å². The third-order valence-electron chi connectivity index (χ3n) is 3.18. The number of carbonyl (C=O) groups excluding carboxylic acids is 1. The molecule has 0 aromatic heterocycles. The maximum Gasteiger partial charge on any atom is 0.314 e. The fourth-order valence-corrected chi connectivity index (χ4v) is 2.22. The number of benzene rings is 1.